The highest BCUT2D eigenvalue weighted by Gasteiger charge is 2.51. The predicted molar refractivity (Wildman–Crippen MR) is 74.5 cm³/mol. The SMILES string of the molecule is CCC(NC(=O)N1C2CCC1C(C(=O)O)C2)c1ncc[nH]1. The van der Waals surface area contributed by atoms with Crippen LogP contribution in [0.4, 0.5) is 4.79 Å². The molecule has 2 bridgehead atoms. The summed E-state index contributed by atoms with van der Waals surface area (Å²) in [5.74, 6) is -0.483. The highest BCUT2D eigenvalue weighted by molar-refractivity contribution is 5.79. The second kappa shape index (κ2) is 5.38. The number of aliphatic carboxylic acids is 1. The average molecular weight is 292 g/mol. The number of hydrogen-bond acceptors (Lipinski definition) is 3. The Kier molecular flexibility index (Phi) is 3.57. The number of carbonyl (C=O) groups is 2. The maximum atomic E-state index is 12.5. The van der Waals surface area contributed by atoms with Gasteiger partial charge >= 0.3 is 12.0 Å². The highest BCUT2D eigenvalue weighted by Crippen LogP contribution is 2.41. The molecule has 0 radical (unpaired) electrons. The summed E-state index contributed by atoms with van der Waals surface area (Å²) >= 11 is 0. The van der Waals surface area contributed by atoms with Crippen LogP contribution >= 0.6 is 0 Å². The quantitative estimate of drug-likeness (QED) is 0.783. The zero-order valence-corrected chi connectivity index (χ0v) is 12.0. The second-order valence-electron chi connectivity index (χ2n) is 5.77. The van der Waals surface area contributed by atoms with E-state index in [1.165, 1.54) is 0 Å². The summed E-state index contributed by atoms with van der Waals surface area (Å²) < 4.78 is 0. The molecule has 21 heavy (non-hydrogen) atoms. The molecular formula is C14H20N4O3. The molecule has 7 heteroatoms. The molecule has 114 valence electrons. The lowest BCUT2D eigenvalue weighted by molar-refractivity contribution is -0.142. The van der Waals surface area contributed by atoms with Crippen molar-refractivity contribution in [1.29, 1.82) is 0 Å². The van der Waals surface area contributed by atoms with Gasteiger partial charge in [0.15, 0.2) is 0 Å². The minimum absolute atomic E-state index is 0.0604. The Morgan fingerprint density at radius 3 is 2.95 bits per heavy atom. The monoisotopic (exact) mass is 292 g/mol. The number of nitrogens with zero attached hydrogens (tertiary/aromatic N) is 2. The van der Waals surface area contributed by atoms with Crippen molar-refractivity contribution in [3.05, 3.63) is 18.2 Å². The molecule has 2 amide bonds. The minimum atomic E-state index is -0.793. The molecule has 2 saturated heterocycles. The van der Waals surface area contributed by atoms with Gasteiger partial charge < -0.3 is 20.3 Å². The Hall–Kier alpha value is -2.05. The molecule has 3 N–H and O–H groups in total. The number of fused-ring (bicyclic) bond motifs is 2. The van der Waals surface area contributed by atoms with E-state index in [0.29, 0.717) is 6.42 Å². The van der Waals surface area contributed by atoms with Crippen molar-refractivity contribution >= 4 is 12.0 Å². The maximum Gasteiger partial charge on any atom is 0.318 e. The summed E-state index contributed by atoms with van der Waals surface area (Å²) in [6, 6.07) is -0.447. The lowest BCUT2D eigenvalue weighted by Gasteiger charge is -2.26. The predicted octanol–water partition coefficient (Wildman–Crippen LogP) is 1.51. The van der Waals surface area contributed by atoms with Crippen molar-refractivity contribution in [2.75, 3.05) is 0 Å². The third-order valence-corrected chi connectivity index (χ3v) is 4.64. The number of aromatic nitrogens is 2. The van der Waals surface area contributed by atoms with Gasteiger partial charge in [-0.15, -0.1) is 0 Å². The van der Waals surface area contributed by atoms with E-state index in [4.69, 9.17) is 0 Å². The van der Waals surface area contributed by atoms with Gasteiger partial charge in [0.1, 0.15) is 5.82 Å². The van der Waals surface area contributed by atoms with Crippen molar-refractivity contribution in [2.24, 2.45) is 5.92 Å². The smallest absolute Gasteiger partial charge is 0.318 e. The van der Waals surface area contributed by atoms with Crippen LogP contribution in [0.15, 0.2) is 12.4 Å². The van der Waals surface area contributed by atoms with Crippen molar-refractivity contribution in [1.82, 2.24) is 20.2 Å². The van der Waals surface area contributed by atoms with Crippen LogP contribution in [0.25, 0.3) is 0 Å². The van der Waals surface area contributed by atoms with Gasteiger partial charge in [-0.1, -0.05) is 6.92 Å². The van der Waals surface area contributed by atoms with Crippen molar-refractivity contribution in [2.45, 2.75) is 50.7 Å². The molecule has 0 aromatic carbocycles. The van der Waals surface area contributed by atoms with Crippen LogP contribution in [0, 0.1) is 5.92 Å². The van der Waals surface area contributed by atoms with Crippen LogP contribution in [-0.2, 0) is 4.79 Å². The molecule has 4 unspecified atom stereocenters. The Labute approximate surface area is 122 Å². The first kappa shape index (κ1) is 13.9. The summed E-state index contributed by atoms with van der Waals surface area (Å²) in [6.45, 7) is 1.98. The fourth-order valence-corrected chi connectivity index (χ4v) is 3.63. The molecule has 4 atom stereocenters. The third-order valence-electron chi connectivity index (χ3n) is 4.64. The summed E-state index contributed by atoms with van der Waals surface area (Å²) in [4.78, 5) is 32.7. The molecule has 3 rings (SSSR count). The van der Waals surface area contributed by atoms with E-state index in [1.807, 2.05) is 6.92 Å². The number of carboxylic acids is 1. The van der Waals surface area contributed by atoms with E-state index in [1.54, 1.807) is 17.3 Å². The Morgan fingerprint density at radius 1 is 1.57 bits per heavy atom. The standard InChI is InChI=1S/C14H20N4O3/c1-2-10(12-15-5-6-16-12)17-14(21)18-8-3-4-11(18)9(7-8)13(19)20/h5-6,8-11H,2-4,7H2,1H3,(H,15,16)(H,17,21)(H,19,20). The molecule has 0 aliphatic carbocycles. The number of rotatable bonds is 4. The van der Waals surface area contributed by atoms with Gasteiger partial charge in [-0.3, -0.25) is 4.79 Å². The van der Waals surface area contributed by atoms with Crippen molar-refractivity contribution in [3.8, 4) is 0 Å². The van der Waals surface area contributed by atoms with Gasteiger partial charge in [0.05, 0.1) is 12.0 Å². The van der Waals surface area contributed by atoms with E-state index in [2.05, 4.69) is 15.3 Å². The molecule has 3 heterocycles. The number of imidazole rings is 1. The molecule has 1 aromatic rings. The number of carbonyl (C=O) groups excluding carboxylic acids is 1. The number of carboxylic acid groups (broad SMARTS) is 1. The molecule has 2 fully saturated rings. The first-order valence-corrected chi connectivity index (χ1v) is 7.42. The fourth-order valence-electron chi connectivity index (χ4n) is 3.63. The number of aromatic amines is 1. The minimum Gasteiger partial charge on any atom is -0.481 e. The van der Waals surface area contributed by atoms with E-state index in [9.17, 15) is 14.7 Å². The Morgan fingerprint density at radius 2 is 2.38 bits per heavy atom. The number of urea groups is 1. The molecule has 0 saturated carbocycles. The molecular weight excluding hydrogens is 272 g/mol. The molecule has 1 aromatic heterocycles. The number of hydrogen-bond donors (Lipinski definition) is 3. The molecule has 2 aliphatic rings. The Balaban J connectivity index is 1.70. The lowest BCUT2D eigenvalue weighted by atomic mass is 9.89. The first-order chi connectivity index (χ1) is 10.1. The lowest BCUT2D eigenvalue weighted by Crippen LogP contribution is -2.45. The summed E-state index contributed by atoms with van der Waals surface area (Å²) in [5.41, 5.74) is 0. The van der Waals surface area contributed by atoms with Crippen molar-refractivity contribution < 1.29 is 14.7 Å². The van der Waals surface area contributed by atoms with Crippen LogP contribution in [0.1, 0.15) is 44.5 Å². The summed E-state index contributed by atoms with van der Waals surface area (Å²) in [7, 11) is 0. The van der Waals surface area contributed by atoms with Crippen molar-refractivity contribution in [3.63, 3.8) is 0 Å². The van der Waals surface area contributed by atoms with E-state index in [0.717, 1.165) is 25.1 Å². The van der Waals surface area contributed by atoms with Crippen LogP contribution in [0.3, 0.4) is 0 Å². The molecule has 2 aliphatic heterocycles. The topological polar surface area (TPSA) is 98.3 Å². The second-order valence-corrected chi connectivity index (χ2v) is 5.77. The van der Waals surface area contributed by atoms with Gasteiger partial charge in [-0.25, -0.2) is 9.78 Å². The summed E-state index contributed by atoms with van der Waals surface area (Å²) in [6.07, 6.45) is 6.37. The van der Waals surface area contributed by atoms with E-state index >= 15 is 0 Å². The summed E-state index contributed by atoms with van der Waals surface area (Å²) in [5, 5.41) is 12.2. The zero-order valence-electron chi connectivity index (χ0n) is 12.0. The van der Waals surface area contributed by atoms with Gasteiger partial charge in [0.25, 0.3) is 0 Å². The fraction of sp³-hybridized carbons (Fsp3) is 0.643. The van der Waals surface area contributed by atoms with E-state index in [-0.39, 0.29) is 24.2 Å². The number of nitrogens with one attached hydrogen (secondary N) is 2. The van der Waals surface area contributed by atoms with Gasteiger partial charge in [0, 0.05) is 24.5 Å². The molecule has 7 nitrogen and oxygen atoms in total. The van der Waals surface area contributed by atoms with Crippen LogP contribution in [0.2, 0.25) is 0 Å². The van der Waals surface area contributed by atoms with Gasteiger partial charge in [-0.05, 0) is 25.7 Å². The zero-order chi connectivity index (χ0) is 15.0. The van der Waals surface area contributed by atoms with Gasteiger partial charge in [-0.2, -0.15) is 0 Å². The normalized spacial score (nSPS) is 28.6. The number of amides is 2. The largest absolute Gasteiger partial charge is 0.481 e. The average Bonchev–Trinajstić information content (AvgIpc) is 3.18. The van der Waals surface area contributed by atoms with Crippen LogP contribution in [0.5, 0.6) is 0 Å². The van der Waals surface area contributed by atoms with Crippen LogP contribution in [-0.4, -0.2) is 44.1 Å². The third kappa shape index (κ3) is 2.36. The van der Waals surface area contributed by atoms with E-state index < -0.39 is 11.9 Å². The Bertz CT molecular complexity index is 530. The molecule has 0 spiro atoms. The number of H-pyrrole nitrogens is 1. The van der Waals surface area contributed by atoms with Crippen LogP contribution < -0.4 is 5.32 Å². The first-order valence-electron chi connectivity index (χ1n) is 7.42. The maximum absolute atomic E-state index is 12.5. The highest BCUT2D eigenvalue weighted by atomic mass is 16.4. The van der Waals surface area contributed by atoms with Gasteiger partial charge in [0.2, 0.25) is 0 Å².